The summed E-state index contributed by atoms with van der Waals surface area (Å²) in [5.74, 6) is -1.96. The van der Waals surface area contributed by atoms with Gasteiger partial charge in [0.25, 0.3) is 0 Å². The number of nitrogens with two attached hydrogens (primary N) is 1. The summed E-state index contributed by atoms with van der Waals surface area (Å²) in [7, 11) is 6.60. The lowest BCUT2D eigenvalue weighted by Crippen LogP contribution is -2.60. The third-order valence-corrected chi connectivity index (χ3v) is 12.8. The standard InChI is InChI=1S/C44H71N7O8S/c1-12-29(6)38(50(9)43(55)36(27(2)3)48-41(54)37(28(4)5)49(8)22-23-59-44(45)56)34(57-10)26-35(52)51-21-16-19-33(51)39(58-11)30(7)40(53)47-32(42-46-20-24-60-42)25-31-17-14-13-15-18-31/h13-15,17-18,20,24,27-30,32-34,36-39H,12,16,19,21-23,25-26H2,1-11H3,(H2,45,56)(H,47,53)(H,48,54)/t29?,30?,32?,33-,34?,36?,37?,38?,39?/m0/s1. The molecule has 0 saturated carbocycles. The molecule has 1 saturated heterocycles. The maximum absolute atomic E-state index is 14.4. The Morgan fingerprint density at radius 1 is 0.967 bits per heavy atom. The molecule has 1 aromatic carbocycles. The van der Waals surface area contributed by atoms with Gasteiger partial charge in [0.15, 0.2) is 0 Å². The van der Waals surface area contributed by atoms with Crippen molar-refractivity contribution in [3.63, 3.8) is 0 Å². The molecule has 5 amide bonds. The molecule has 1 aromatic heterocycles. The number of ether oxygens (including phenoxy) is 3. The number of nitrogens with zero attached hydrogens (tertiary/aromatic N) is 4. The number of primary amides is 1. The van der Waals surface area contributed by atoms with Crippen LogP contribution in [0.5, 0.6) is 0 Å². The first-order valence-electron chi connectivity index (χ1n) is 21.2. The van der Waals surface area contributed by atoms with Crippen LogP contribution in [0.1, 0.15) is 90.8 Å². The summed E-state index contributed by atoms with van der Waals surface area (Å²) < 4.78 is 17.0. The fourth-order valence-corrected chi connectivity index (χ4v) is 9.17. The number of aromatic nitrogens is 1. The summed E-state index contributed by atoms with van der Waals surface area (Å²) in [6.45, 7) is 14.3. The quantitative estimate of drug-likeness (QED) is 0.134. The summed E-state index contributed by atoms with van der Waals surface area (Å²) in [5.41, 5.74) is 6.20. The third kappa shape index (κ3) is 13.7. The SMILES string of the molecule is CCC(C)C(C(CC(=O)N1CCC[C@H]1C(OC)C(C)C(=O)NC(Cc1ccccc1)c1nccs1)OC)N(C)C(=O)C(NC(=O)C(C(C)C)N(C)CCOC(N)=O)C(C)C. The van der Waals surface area contributed by atoms with E-state index in [1.807, 2.05) is 89.1 Å². The molecule has 1 fully saturated rings. The predicted molar refractivity (Wildman–Crippen MR) is 233 cm³/mol. The highest BCUT2D eigenvalue weighted by Gasteiger charge is 2.43. The number of likely N-dealkylation sites (tertiary alicyclic amines) is 1. The summed E-state index contributed by atoms with van der Waals surface area (Å²) in [6, 6.07) is 7.33. The Morgan fingerprint density at radius 3 is 2.20 bits per heavy atom. The van der Waals surface area contributed by atoms with Gasteiger partial charge in [0.1, 0.15) is 17.7 Å². The van der Waals surface area contributed by atoms with Gasteiger partial charge >= 0.3 is 6.09 Å². The second kappa shape index (κ2) is 24.4. The number of carbonyl (C=O) groups is 5. The molecule has 16 heteroatoms. The largest absolute Gasteiger partial charge is 0.448 e. The molecule has 9 atom stereocenters. The Balaban J connectivity index is 1.78. The topological polar surface area (TPSA) is 186 Å². The van der Waals surface area contributed by atoms with Gasteiger partial charge in [-0.05, 0) is 49.6 Å². The average Bonchev–Trinajstić information content (AvgIpc) is 3.93. The number of nitrogens with one attached hydrogen (secondary N) is 2. The highest BCUT2D eigenvalue weighted by Crippen LogP contribution is 2.30. The summed E-state index contributed by atoms with van der Waals surface area (Å²) in [5, 5.41) is 8.95. The molecule has 8 unspecified atom stereocenters. The molecular weight excluding hydrogens is 787 g/mol. The van der Waals surface area contributed by atoms with Crippen molar-refractivity contribution in [2.75, 3.05) is 48.0 Å². The minimum atomic E-state index is -0.889. The van der Waals surface area contributed by atoms with Crippen LogP contribution < -0.4 is 16.4 Å². The summed E-state index contributed by atoms with van der Waals surface area (Å²) >= 11 is 1.49. The lowest BCUT2D eigenvalue weighted by Gasteiger charge is -2.41. The Morgan fingerprint density at radius 2 is 1.65 bits per heavy atom. The smallest absolute Gasteiger partial charge is 0.404 e. The molecule has 1 aliphatic heterocycles. The first-order chi connectivity index (χ1) is 28.5. The molecule has 2 heterocycles. The van der Waals surface area contributed by atoms with Gasteiger partial charge in [-0.2, -0.15) is 0 Å². The Bertz CT molecular complexity index is 1650. The van der Waals surface area contributed by atoms with Gasteiger partial charge in [0.05, 0.1) is 48.7 Å². The third-order valence-electron chi connectivity index (χ3n) is 11.9. The van der Waals surface area contributed by atoms with Crippen molar-refractivity contribution >= 4 is 41.1 Å². The zero-order valence-corrected chi connectivity index (χ0v) is 38.4. The Hall–Kier alpha value is -4.12. The highest BCUT2D eigenvalue weighted by molar-refractivity contribution is 7.09. The van der Waals surface area contributed by atoms with E-state index >= 15 is 0 Å². The van der Waals surface area contributed by atoms with Gasteiger partial charge in [0, 0.05) is 45.9 Å². The van der Waals surface area contributed by atoms with Gasteiger partial charge in [-0.1, -0.05) is 85.2 Å². The minimum absolute atomic E-state index is 0.00608. The number of likely N-dealkylation sites (N-methyl/N-ethyl adjacent to an activating group) is 2. The molecule has 15 nitrogen and oxygen atoms in total. The first kappa shape index (κ1) is 50.2. The zero-order chi connectivity index (χ0) is 44.7. The summed E-state index contributed by atoms with van der Waals surface area (Å²) in [6.07, 6.45) is 2.34. The molecule has 3 rings (SSSR count). The Kier molecular flexibility index (Phi) is 20.4. The van der Waals surface area contributed by atoms with Crippen LogP contribution in [-0.2, 0) is 39.8 Å². The lowest BCUT2D eigenvalue weighted by molar-refractivity contribution is -0.148. The van der Waals surface area contributed by atoms with E-state index in [2.05, 4.69) is 15.6 Å². The fraction of sp³-hybridized carbons (Fsp3) is 0.682. The van der Waals surface area contributed by atoms with Crippen molar-refractivity contribution in [1.29, 1.82) is 0 Å². The molecule has 4 N–H and O–H groups in total. The van der Waals surface area contributed by atoms with Crippen LogP contribution in [0.25, 0.3) is 0 Å². The van der Waals surface area contributed by atoms with E-state index in [1.54, 1.807) is 44.3 Å². The van der Waals surface area contributed by atoms with Crippen LogP contribution in [0.3, 0.4) is 0 Å². The van der Waals surface area contributed by atoms with Crippen LogP contribution in [0, 0.1) is 23.7 Å². The van der Waals surface area contributed by atoms with E-state index in [1.165, 1.54) is 11.3 Å². The second-order valence-electron chi connectivity index (χ2n) is 16.8. The van der Waals surface area contributed by atoms with E-state index in [-0.39, 0.29) is 73.0 Å². The molecule has 0 spiro atoms. The van der Waals surface area contributed by atoms with Crippen LogP contribution >= 0.6 is 11.3 Å². The van der Waals surface area contributed by atoms with Crippen LogP contribution in [0.15, 0.2) is 41.9 Å². The van der Waals surface area contributed by atoms with Gasteiger partial charge in [-0.25, -0.2) is 9.78 Å². The van der Waals surface area contributed by atoms with Gasteiger partial charge in [-0.15, -0.1) is 11.3 Å². The molecular formula is C44H71N7O8S. The van der Waals surface area contributed by atoms with E-state index in [0.29, 0.717) is 25.8 Å². The first-order valence-corrected chi connectivity index (χ1v) is 22.1. The maximum Gasteiger partial charge on any atom is 0.404 e. The van der Waals surface area contributed by atoms with Crippen molar-refractivity contribution in [2.24, 2.45) is 29.4 Å². The van der Waals surface area contributed by atoms with Crippen molar-refractivity contribution < 1.29 is 38.2 Å². The van der Waals surface area contributed by atoms with Crippen molar-refractivity contribution in [3.8, 4) is 0 Å². The normalized spacial score (nSPS) is 18.3. The molecule has 60 heavy (non-hydrogen) atoms. The maximum atomic E-state index is 14.4. The molecule has 0 aliphatic carbocycles. The monoisotopic (exact) mass is 858 g/mol. The van der Waals surface area contributed by atoms with Crippen LogP contribution in [-0.4, -0.2) is 134 Å². The number of rotatable bonds is 24. The van der Waals surface area contributed by atoms with Crippen LogP contribution in [0.4, 0.5) is 4.79 Å². The summed E-state index contributed by atoms with van der Waals surface area (Å²) in [4.78, 5) is 77.4. The van der Waals surface area contributed by atoms with Gasteiger partial charge in [-0.3, -0.25) is 24.1 Å². The second-order valence-corrected chi connectivity index (χ2v) is 17.7. The van der Waals surface area contributed by atoms with E-state index in [0.717, 1.165) is 17.0 Å². The number of methoxy groups -OCH3 is 2. The van der Waals surface area contributed by atoms with E-state index in [4.69, 9.17) is 19.9 Å². The number of hydrogen-bond acceptors (Lipinski definition) is 11. The molecule has 336 valence electrons. The van der Waals surface area contributed by atoms with Crippen molar-refractivity contribution in [1.82, 2.24) is 30.3 Å². The molecule has 0 bridgehead atoms. The minimum Gasteiger partial charge on any atom is -0.448 e. The van der Waals surface area contributed by atoms with Crippen LogP contribution in [0.2, 0.25) is 0 Å². The number of benzene rings is 1. The van der Waals surface area contributed by atoms with Gasteiger partial charge < -0.3 is 40.4 Å². The number of carbonyl (C=O) groups excluding carboxylic acids is 5. The average molecular weight is 858 g/mol. The number of amides is 5. The van der Waals surface area contributed by atoms with Crippen molar-refractivity contribution in [2.45, 2.75) is 123 Å². The van der Waals surface area contributed by atoms with E-state index in [9.17, 15) is 24.0 Å². The molecule has 2 aromatic rings. The number of hydrogen-bond donors (Lipinski definition) is 3. The highest BCUT2D eigenvalue weighted by atomic mass is 32.1. The zero-order valence-electron chi connectivity index (χ0n) is 37.6. The lowest BCUT2D eigenvalue weighted by atomic mass is 9.89. The molecule has 1 aliphatic rings. The van der Waals surface area contributed by atoms with Crippen molar-refractivity contribution in [3.05, 3.63) is 52.5 Å². The molecule has 0 radical (unpaired) electrons. The Labute approximate surface area is 361 Å². The van der Waals surface area contributed by atoms with E-state index < -0.39 is 42.3 Å². The van der Waals surface area contributed by atoms with Gasteiger partial charge in [0.2, 0.25) is 23.6 Å². The predicted octanol–water partition coefficient (Wildman–Crippen LogP) is 4.66. The number of thiazole rings is 1. The fourth-order valence-electron chi connectivity index (χ4n) is 8.48.